The van der Waals surface area contributed by atoms with Gasteiger partial charge in [0.2, 0.25) is 5.91 Å². The molecule has 19 heavy (non-hydrogen) atoms. The number of thioether (sulfide) groups is 1. The minimum absolute atomic E-state index is 0.0278. The predicted octanol–water partition coefficient (Wildman–Crippen LogP) is 1.73. The van der Waals surface area contributed by atoms with Gasteiger partial charge in [-0.2, -0.15) is 11.8 Å². The summed E-state index contributed by atoms with van der Waals surface area (Å²) in [6.07, 6.45) is 2.71. The van der Waals surface area contributed by atoms with Crippen LogP contribution in [0, 0.1) is 0 Å². The molecule has 0 spiro atoms. The Morgan fingerprint density at radius 3 is 2.79 bits per heavy atom. The number of likely N-dealkylation sites (N-methyl/N-ethyl adjacent to an activating group) is 1. The van der Waals surface area contributed by atoms with Crippen LogP contribution in [0.5, 0.6) is 5.75 Å². The smallest absolute Gasteiger partial charge is 0.239 e. The van der Waals surface area contributed by atoms with E-state index in [0.717, 1.165) is 17.1 Å². The molecule has 0 aromatic heterocycles. The van der Waals surface area contributed by atoms with Crippen LogP contribution in [0.25, 0.3) is 0 Å². The molecule has 0 aliphatic rings. The Morgan fingerprint density at radius 2 is 2.16 bits per heavy atom. The molecule has 0 radical (unpaired) electrons. The molecule has 1 rings (SSSR count). The zero-order valence-corrected chi connectivity index (χ0v) is 12.6. The summed E-state index contributed by atoms with van der Waals surface area (Å²) in [6.45, 7) is 0.510. The van der Waals surface area contributed by atoms with Gasteiger partial charge in [-0.1, -0.05) is 18.2 Å². The molecule has 2 N–H and O–H groups in total. The van der Waals surface area contributed by atoms with Gasteiger partial charge in [-0.15, -0.1) is 0 Å². The molecular formula is C14H22N2O2S. The minimum atomic E-state index is -0.424. The molecule has 1 aromatic rings. The molecule has 1 aromatic carbocycles. The Kier molecular flexibility index (Phi) is 6.73. The van der Waals surface area contributed by atoms with Gasteiger partial charge in [-0.3, -0.25) is 4.79 Å². The van der Waals surface area contributed by atoms with E-state index in [0.29, 0.717) is 13.0 Å². The van der Waals surface area contributed by atoms with E-state index < -0.39 is 6.04 Å². The zero-order chi connectivity index (χ0) is 14.3. The van der Waals surface area contributed by atoms with Gasteiger partial charge in [0.1, 0.15) is 5.75 Å². The summed E-state index contributed by atoms with van der Waals surface area (Å²) in [5.41, 5.74) is 6.88. The summed E-state index contributed by atoms with van der Waals surface area (Å²) < 4.78 is 5.28. The van der Waals surface area contributed by atoms with Gasteiger partial charge >= 0.3 is 0 Å². The molecule has 0 bridgehead atoms. The second-order valence-corrected chi connectivity index (χ2v) is 5.38. The normalized spacial score (nSPS) is 12.0. The van der Waals surface area contributed by atoms with E-state index in [4.69, 9.17) is 10.5 Å². The molecule has 0 saturated heterocycles. The van der Waals surface area contributed by atoms with Crippen molar-refractivity contribution in [3.05, 3.63) is 29.8 Å². The number of methoxy groups -OCH3 is 1. The maximum Gasteiger partial charge on any atom is 0.239 e. The number of amides is 1. The summed E-state index contributed by atoms with van der Waals surface area (Å²) >= 11 is 1.70. The van der Waals surface area contributed by atoms with Crippen LogP contribution in [-0.4, -0.2) is 43.0 Å². The highest BCUT2D eigenvalue weighted by atomic mass is 32.2. The molecule has 4 nitrogen and oxygen atoms in total. The van der Waals surface area contributed by atoms with Crippen molar-refractivity contribution in [1.82, 2.24) is 4.90 Å². The molecule has 106 valence electrons. The van der Waals surface area contributed by atoms with Gasteiger partial charge in [-0.05, 0) is 24.5 Å². The maximum atomic E-state index is 12.1. The average Bonchev–Trinajstić information content (AvgIpc) is 2.44. The van der Waals surface area contributed by atoms with Gasteiger partial charge < -0.3 is 15.4 Å². The Morgan fingerprint density at radius 1 is 1.47 bits per heavy atom. The molecule has 0 saturated carbocycles. The Hall–Kier alpha value is -1.20. The third-order valence-electron chi connectivity index (χ3n) is 2.93. The SMILES string of the molecule is COc1ccccc1CN(C)C(=O)[C@@H](N)CCSC. The average molecular weight is 282 g/mol. The molecule has 0 aliphatic carbocycles. The number of carbonyl (C=O) groups excluding carboxylic acids is 1. The fraction of sp³-hybridized carbons (Fsp3) is 0.500. The standard InChI is InChI=1S/C14H22N2O2S/c1-16(14(17)12(15)8-9-19-3)10-11-6-4-5-7-13(11)18-2/h4-7,12H,8-10,15H2,1-3H3/t12-/m0/s1. The number of carbonyl (C=O) groups is 1. The summed E-state index contributed by atoms with van der Waals surface area (Å²) in [5.74, 6) is 1.66. The summed E-state index contributed by atoms with van der Waals surface area (Å²) in [6, 6.07) is 7.27. The van der Waals surface area contributed by atoms with E-state index in [2.05, 4.69) is 0 Å². The van der Waals surface area contributed by atoms with Crippen molar-refractivity contribution in [3.63, 3.8) is 0 Å². The summed E-state index contributed by atoms with van der Waals surface area (Å²) in [7, 11) is 3.40. The van der Waals surface area contributed by atoms with Gasteiger partial charge in [0.25, 0.3) is 0 Å². The van der Waals surface area contributed by atoms with Gasteiger partial charge in [0, 0.05) is 19.2 Å². The Balaban J connectivity index is 2.63. The van der Waals surface area contributed by atoms with Crippen molar-refractivity contribution in [2.45, 2.75) is 19.0 Å². The molecule has 1 amide bonds. The highest BCUT2D eigenvalue weighted by Crippen LogP contribution is 2.19. The van der Waals surface area contributed by atoms with E-state index in [-0.39, 0.29) is 5.91 Å². The number of nitrogens with zero attached hydrogens (tertiary/aromatic N) is 1. The topological polar surface area (TPSA) is 55.6 Å². The molecule has 0 fully saturated rings. The largest absolute Gasteiger partial charge is 0.496 e. The molecule has 0 aliphatic heterocycles. The van der Waals surface area contributed by atoms with E-state index in [1.54, 1.807) is 30.8 Å². The molecular weight excluding hydrogens is 260 g/mol. The highest BCUT2D eigenvalue weighted by molar-refractivity contribution is 7.98. The van der Waals surface area contributed by atoms with Crippen molar-refractivity contribution >= 4 is 17.7 Å². The lowest BCUT2D eigenvalue weighted by atomic mass is 10.1. The van der Waals surface area contributed by atoms with E-state index in [1.807, 2.05) is 30.5 Å². The Labute approximate surface area is 119 Å². The lowest BCUT2D eigenvalue weighted by Crippen LogP contribution is -2.41. The second-order valence-electron chi connectivity index (χ2n) is 4.39. The van der Waals surface area contributed by atoms with Crippen LogP contribution in [0.15, 0.2) is 24.3 Å². The number of hydrogen-bond acceptors (Lipinski definition) is 4. The first-order chi connectivity index (χ1) is 9.10. The van der Waals surface area contributed by atoms with Gasteiger partial charge in [0.15, 0.2) is 0 Å². The van der Waals surface area contributed by atoms with Crippen LogP contribution in [0.4, 0.5) is 0 Å². The number of rotatable bonds is 7. The summed E-state index contributed by atoms with van der Waals surface area (Å²) in [4.78, 5) is 13.8. The van der Waals surface area contributed by atoms with Crippen molar-refractivity contribution in [2.75, 3.05) is 26.2 Å². The van der Waals surface area contributed by atoms with Crippen molar-refractivity contribution in [1.29, 1.82) is 0 Å². The van der Waals surface area contributed by atoms with Crippen LogP contribution in [0.1, 0.15) is 12.0 Å². The zero-order valence-electron chi connectivity index (χ0n) is 11.8. The number of hydrogen-bond donors (Lipinski definition) is 1. The van der Waals surface area contributed by atoms with Crippen molar-refractivity contribution in [2.24, 2.45) is 5.73 Å². The second kappa shape index (κ2) is 8.07. The van der Waals surface area contributed by atoms with Crippen molar-refractivity contribution < 1.29 is 9.53 Å². The van der Waals surface area contributed by atoms with Crippen LogP contribution >= 0.6 is 11.8 Å². The fourth-order valence-electron chi connectivity index (χ4n) is 1.82. The van der Waals surface area contributed by atoms with Gasteiger partial charge in [0.05, 0.1) is 13.2 Å². The third kappa shape index (κ3) is 4.76. The lowest BCUT2D eigenvalue weighted by molar-refractivity contribution is -0.131. The van der Waals surface area contributed by atoms with Gasteiger partial charge in [-0.25, -0.2) is 0 Å². The molecule has 0 heterocycles. The van der Waals surface area contributed by atoms with Crippen molar-refractivity contribution in [3.8, 4) is 5.75 Å². The monoisotopic (exact) mass is 282 g/mol. The fourth-order valence-corrected chi connectivity index (χ4v) is 2.31. The molecule has 5 heteroatoms. The lowest BCUT2D eigenvalue weighted by Gasteiger charge is -2.22. The number of ether oxygens (including phenoxy) is 1. The first kappa shape index (κ1) is 15.9. The predicted molar refractivity (Wildman–Crippen MR) is 80.4 cm³/mol. The Bertz CT molecular complexity index is 412. The molecule has 0 unspecified atom stereocenters. The molecule has 1 atom stereocenters. The number of nitrogens with two attached hydrogens (primary N) is 1. The third-order valence-corrected chi connectivity index (χ3v) is 3.57. The number of para-hydroxylation sites is 1. The van der Waals surface area contributed by atoms with Crippen LogP contribution < -0.4 is 10.5 Å². The first-order valence-corrected chi connectivity index (χ1v) is 7.61. The highest BCUT2D eigenvalue weighted by Gasteiger charge is 2.18. The van der Waals surface area contributed by atoms with E-state index >= 15 is 0 Å². The van der Waals surface area contributed by atoms with E-state index in [1.165, 1.54) is 0 Å². The van der Waals surface area contributed by atoms with Crippen LogP contribution in [0.3, 0.4) is 0 Å². The number of benzene rings is 1. The van der Waals surface area contributed by atoms with Crippen LogP contribution in [-0.2, 0) is 11.3 Å². The van der Waals surface area contributed by atoms with Crippen LogP contribution in [0.2, 0.25) is 0 Å². The maximum absolute atomic E-state index is 12.1. The minimum Gasteiger partial charge on any atom is -0.496 e. The summed E-state index contributed by atoms with van der Waals surface area (Å²) in [5, 5.41) is 0. The quantitative estimate of drug-likeness (QED) is 0.827. The van der Waals surface area contributed by atoms with E-state index in [9.17, 15) is 4.79 Å². The first-order valence-electron chi connectivity index (χ1n) is 6.21.